The number of alkyl halides is 1. The van der Waals surface area contributed by atoms with E-state index >= 15 is 0 Å². The topological polar surface area (TPSA) is 32.3 Å². The highest BCUT2D eigenvalue weighted by Crippen LogP contribution is 2.03. The molecule has 11 heavy (non-hydrogen) atoms. The van der Waals surface area contributed by atoms with E-state index in [2.05, 4.69) is 19.2 Å². The molecule has 3 heteroatoms. The molecule has 1 unspecified atom stereocenters. The minimum Gasteiger partial charge on any atom is -0.395 e. The van der Waals surface area contributed by atoms with Crippen molar-refractivity contribution in [2.24, 2.45) is 5.92 Å². The molecule has 0 heterocycles. The van der Waals surface area contributed by atoms with Gasteiger partial charge in [0.25, 0.3) is 0 Å². The number of rotatable bonds is 6. The quantitative estimate of drug-likeness (QED) is 0.611. The molecule has 0 rings (SSSR count). The average Bonchev–Trinajstić information content (AvgIpc) is 1.97. The second-order valence-electron chi connectivity index (χ2n) is 3.15. The van der Waals surface area contributed by atoms with Crippen LogP contribution in [0, 0.1) is 5.92 Å². The second-order valence-corrected chi connectivity index (χ2v) is 3.15. The Morgan fingerprint density at radius 2 is 2.09 bits per heavy atom. The molecule has 0 fully saturated rings. The van der Waals surface area contributed by atoms with Crippen LogP contribution in [0.15, 0.2) is 0 Å². The molecule has 0 aliphatic heterocycles. The number of aliphatic hydroxyl groups excluding tert-OH is 1. The van der Waals surface area contributed by atoms with Crippen LogP contribution >= 0.6 is 0 Å². The average molecular weight is 163 g/mol. The van der Waals surface area contributed by atoms with E-state index in [4.69, 9.17) is 5.11 Å². The molecule has 0 aromatic heterocycles. The number of hydrogen-bond donors (Lipinski definition) is 2. The molecule has 2 N–H and O–H groups in total. The number of hydrogen-bond acceptors (Lipinski definition) is 2. The summed E-state index contributed by atoms with van der Waals surface area (Å²) in [5.74, 6) is 0.541. The van der Waals surface area contributed by atoms with E-state index in [1.54, 1.807) is 0 Å². The minimum absolute atomic E-state index is 0.0609. The van der Waals surface area contributed by atoms with E-state index < -0.39 is 0 Å². The highest BCUT2D eigenvalue weighted by atomic mass is 19.1. The van der Waals surface area contributed by atoms with Crippen molar-refractivity contribution >= 4 is 0 Å². The van der Waals surface area contributed by atoms with Crippen molar-refractivity contribution in [1.29, 1.82) is 0 Å². The molecule has 1 atom stereocenters. The van der Waals surface area contributed by atoms with Crippen LogP contribution in [0.5, 0.6) is 0 Å². The molecular weight excluding hydrogens is 145 g/mol. The Morgan fingerprint density at radius 3 is 2.45 bits per heavy atom. The Balaban J connectivity index is 3.41. The number of halogens is 1. The maximum atomic E-state index is 11.7. The van der Waals surface area contributed by atoms with Crippen molar-refractivity contribution < 1.29 is 9.50 Å². The highest BCUT2D eigenvalue weighted by molar-refractivity contribution is 4.66. The molecule has 68 valence electrons. The van der Waals surface area contributed by atoms with E-state index in [1.165, 1.54) is 0 Å². The smallest absolute Gasteiger partial charge is 0.102 e. The molecule has 0 aliphatic rings. The first kappa shape index (κ1) is 10.8. The number of nitrogens with one attached hydrogen (secondary N) is 1. The summed E-state index contributed by atoms with van der Waals surface area (Å²) in [6.07, 6.45) is 0.899. The molecule has 0 spiro atoms. The van der Waals surface area contributed by atoms with E-state index in [9.17, 15) is 4.39 Å². The van der Waals surface area contributed by atoms with Crippen LogP contribution < -0.4 is 5.32 Å². The first-order chi connectivity index (χ1) is 5.20. The monoisotopic (exact) mass is 163 g/mol. The van der Waals surface area contributed by atoms with Crippen molar-refractivity contribution in [2.45, 2.75) is 26.3 Å². The molecule has 0 amide bonds. The summed E-state index contributed by atoms with van der Waals surface area (Å²) in [7, 11) is 0. The van der Waals surface area contributed by atoms with Gasteiger partial charge in [0, 0.05) is 12.6 Å². The number of aliphatic hydroxyl groups is 1. The Labute approximate surface area is 67.8 Å². The maximum absolute atomic E-state index is 11.7. The van der Waals surface area contributed by atoms with Gasteiger partial charge in [-0.25, -0.2) is 4.39 Å². The molecule has 0 aliphatic carbocycles. The summed E-state index contributed by atoms with van der Waals surface area (Å²) < 4.78 is 11.7. The normalized spacial score (nSPS) is 13.9. The van der Waals surface area contributed by atoms with E-state index in [1.807, 2.05) is 0 Å². The van der Waals surface area contributed by atoms with E-state index in [-0.39, 0.29) is 19.3 Å². The van der Waals surface area contributed by atoms with Gasteiger partial charge >= 0.3 is 0 Å². The Kier molecular flexibility index (Phi) is 6.46. The fraction of sp³-hybridized carbons (Fsp3) is 1.00. The van der Waals surface area contributed by atoms with Crippen LogP contribution in [0.3, 0.4) is 0 Å². The maximum Gasteiger partial charge on any atom is 0.102 e. The molecule has 0 aromatic carbocycles. The molecule has 2 nitrogen and oxygen atoms in total. The second kappa shape index (κ2) is 6.55. The SMILES string of the molecule is CC(C)CC(CO)NCCF. The summed E-state index contributed by atoms with van der Waals surface area (Å²) in [6.45, 7) is 4.24. The lowest BCUT2D eigenvalue weighted by molar-refractivity contribution is 0.222. The third-order valence-electron chi connectivity index (χ3n) is 1.50. The van der Waals surface area contributed by atoms with Crippen molar-refractivity contribution in [3.05, 3.63) is 0 Å². The first-order valence-corrected chi connectivity index (χ1v) is 4.11. The van der Waals surface area contributed by atoms with Gasteiger partial charge in [0.1, 0.15) is 6.67 Å². The van der Waals surface area contributed by atoms with Gasteiger partial charge in [-0.05, 0) is 12.3 Å². The Morgan fingerprint density at radius 1 is 1.45 bits per heavy atom. The largest absolute Gasteiger partial charge is 0.395 e. The molecule has 0 saturated carbocycles. The van der Waals surface area contributed by atoms with Crippen molar-refractivity contribution in [1.82, 2.24) is 5.32 Å². The molecule has 0 bridgehead atoms. The van der Waals surface area contributed by atoms with Crippen molar-refractivity contribution in [3.63, 3.8) is 0 Å². The van der Waals surface area contributed by atoms with Gasteiger partial charge in [-0.1, -0.05) is 13.8 Å². The lowest BCUT2D eigenvalue weighted by Gasteiger charge is -2.16. The molecular formula is C8H18FNO. The van der Waals surface area contributed by atoms with Gasteiger partial charge in [-0.2, -0.15) is 0 Å². The Hall–Kier alpha value is -0.150. The zero-order valence-corrected chi connectivity index (χ0v) is 7.31. The van der Waals surface area contributed by atoms with Gasteiger partial charge < -0.3 is 10.4 Å². The summed E-state index contributed by atoms with van der Waals surface area (Å²) >= 11 is 0. The van der Waals surface area contributed by atoms with Crippen molar-refractivity contribution in [3.8, 4) is 0 Å². The molecule has 0 saturated heterocycles. The standard InChI is InChI=1S/C8H18FNO/c1-7(2)5-8(6-11)10-4-3-9/h7-8,10-11H,3-6H2,1-2H3. The van der Waals surface area contributed by atoms with Crippen molar-refractivity contribution in [2.75, 3.05) is 19.8 Å². The summed E-state index contributed by atoms with van der Waals surface area (Å²) in [5, 5.41) is 11.7. The van der Waals surface area contributed by atoms with Crippen LogP contribution in [0.4, 0.5) is 4.39 Å². The fourth-order valence-corrected chi connectivity index (χ4v) is 1.05. The zero-order chi connectivity index (χ0) is 8.69. The predicted molar refractivity (Wildman–Crippen MR) is 44.3 cm³/mol. The third kappa shape index (κ3) is 6.26. The van der Waals surface area contributed by atoms with E-state index in [0.29, 0.717) is 12.5 Å². The van der Waals surface area contributed by atoms with Crippen LogP contribution in [-0.4, -0.2) is 31.0 Å². The Bertz CT molecular complexity index is 88.2. The summed E-state index contributed by atoms with van der Waals surface area (Å²) in [4.78, 5) is 0. The van der Waals surface area contributed by atoms with Crippen LogP contribution in [0.2, 0.25) is 0 Å². The molecule has 0 aromatic rings. The lowest BCUT2D eigenvalue weighted by atomic mass is 10.0. The van der Waals surface area contributed by atoms with Crippen LogP contribution in [0.1, 0.15) is 20.3 Å². The zero-order valence-electron chi connectivity index (χ0n) is 7.31. The third-order valence-corrected chi connectivity index (χ3v) is 1.50. The van der Waals surface area contributed by atoms with Gasteiger partial charge in [0.15, 0.2) is 0 Å². The van der Waals surface area contributed by atoms with Gasteiger partial charge in [0.2, 0.25) is 0 Å². The molecule has 0 radical (unpaired) electrons. The summed E-state index contributed by atoms with van der Waals surface area (Å²) in [6, 6.07) is 0.0609. The summed E-state index contributed by atoms with van der Waals surface area (Å²) in [5.41, 5.74) is 0. The van der Waals surface area contributed by atoms with Gasteiger partial charge in [0.05, 0.1) is 6.61 Å². The minimum atomic E-state index is -0.366. The van der Waals surface area contributed by atoms with Gasteiger partial charge in [-0.15, -0.1) is 0 Å². The van der Waals surface area contributed by atoms with Crippen LogP contribution in [0.25, 0.3) is 0 Å². The van der Waals surface area contributed by atoms with Gasteiger partial charge in [-0.3, -0.25) is 0 Å². The van der Waals surface area contributed by atoms with E-state index in [0.717, 1.165) is 6.42 Å². The van der Waals surface area contributed by atoms with Crippen LogP contribution in [-0.2, 0) is 0 Å². The highest BCUT2D eigenvalue weighted by Gasteiger charge is 2.07. The first-order valence-electron chi connectivity index (χ1n) is 4.11. The fourth-order valence-electron chi connectivity index (χ4n) is 1.05. The lowest BCUT2D eigenvalue weighted by Crippen LogP contribution is -2.35. The predicted octanol–water partition coefficient (Wildman–Crippen LogP) is 0.953.